The Morgan fingerprint density at radius 3 is 1.42 bits per heavy atom. The Morgan fingerprint density at radius 2 is 1.02 bits per heavy atom. The smallest absolute Gasteiger partial charge is 0.526 e. The van der Waals surface area contributed by atoms with Crippen LogP contribution in [0, 0.1) is 11.6 Å². The lowest BCUT2D eigenvalue weighted by molar-refractivity contribution is 0.136. The minimum atomic E-state index is -0.384. The first kappa shape index (κ1) is 41.4. The zero-order valence-corrected chi connectivity index (χ0v) is 36.1. The van der Waals surface area contributed by atoms with Gasteiger partial charge in [0.05, 0.1) is 33.5 Å². The summed E-state index contributed by atoms with van der Waals surface area (Å²) in [4.78, 5) is 21.4. The van der Waals surface area contributed by atoms with Gasteiger partial charge < -0.3 is 9.31 Å². The molecule has 1 radical (unpaired) electrons. The molecule has 4 aromatic carbocycles. The lowest BCUT2D eigenvalue weighted by Crippen LogP contribution is -2.22. The van der Waals surface area contributed by atoms with E-state index in [1.54, 1.807) is 71.1 Å². The lowest BCUT2D eigenvalue weighted by Gasteiger charge is -2.25. The van der Waals surface area contributed by atoms with Crippen molar-refractivity contribution in [3.05, 3.63) is 160 Å². The van der Waals surface area contributed by atoms with Crippen molar-refractivity contribution in [2.24, 2.45) is 0 Å². The number of anilines is 4. The number of halogens is 8. The Kier molecular flexibility index (Phi) is 14.8. The first-order valence-electron chi connectivity index (χ1n) is 16.3. The van der Waals surface area contributed by atoms with Gasteiger partial charge in [-0.2, -0.15) is 0 Å². The summed E-state index contributed by atoms with van der Waals surface area (Å²) in [7, 11) is 1.19. The molecule has 0 saturated heterocycles. The van der Waals surface area contributed by atoms with Gasteiger partial charge in [-0.15, -0.1) is 0 Å². The van der Waals surface area contributed by atoms with Crippen LogP contribution in [0.1, 0.15) is 11.1 Å². The van der Waals surface area contributed by atoms with E-state index in [-0.39, 0.29) is 24.8 Å². The third kappa shape index (κ3) is 11.0. The van der Waals surface area contributed by atoms with Gasteiger partial charge in [-0.25, -0.2) is 28.9 Å². The van der Waals surface area contributed by atoms with E-state index in [2.05, 4.69) is 73.7 Å². The van der Waals surface area contributed by atoms with E-state index in [0.717, 1.165) is 0 Å². The molecule has 0 amide bonds. The van der Waals surface area contributed by atoms with Crippen molar-refractivity contribution in [1.82, 2.24) is 9.97 Å². The fourth-order valence-electron chi connectivity index (χ4n) is 5.10. The van der Waals surface area contributed by atoms with Gasteiger partial charge in [0, 0.05) is 43.5 Å². The van der Waals surface area contributed by atoms with E-state index in [9.17, 15) is 8.78 Å². The van der Waals surface area contributed by atoms with Crippen molar-refractivity contribution in [3.8, 4) is 11.5 Å². The van der Waals surface area contributed by atoms with Gasteiger partial charge in [0.25, 0.3) is 0 Å². The van der Waals surface area contributed by atoms with Gasteiger partial charge in [-0.3, -0.25) is 9.68 Å². The third-order valence-corrected chi connectivity index (χ3v) is 12.4. The number of benzene rings is 4. The van der Waals surface area contributed by atoms with Gasteiger partial charge in [0.1, 0.15) is 23.1 Å². The minimum Gasteiger partial charge on any atom is -0.526 e. The van der Waals surface area contributed by atoms with Crippen molar-refractivity contribution < 1.29 is 27.8 Å². The maximum atomic E-state index is 13.9. The first-order valence-corrected chi connectivity index (χ1v) is 20.2. The van der Waals surface area contributed by atoms with E-state index in [4.69, 9.17) is 42.2 Å². The van der Waals surface area contributed by atoms with Crippen molar-refractivity contribution in [1.29, 1.82) is 0 Å². The summed E-state index contributed by atoms with van der Waals surface area (Å²) in [5, 5.41) is 3.97. The highest BCUT2D eigenvalue weighted by atomic mass is 79.9. The van der Waals surface area contributed by atoms with Crippen LogP contribution in [0.4, 0.5) is 31.8 Å². The summed E-state index contributed by atoms with van der Waals surface area (Å²) in [6.07, 6.45) is 3.96. The molecule has 6 rings (SSSR count). The van der Waals surface area contributed by atoms with Crippen LogP contribution in [-0.2, 0) is 22.5 Å². The molecule has 0 aliphatic heterocycles. The monoisotopic (exact) mass is 1040 g/mol. The maximum Gasteiger partial charge on any atom is 0.658 e. The Bertz CT molecular complexity index is 2100. The zero-order valence-electron chi connectivity index (χ0n) is 28.2. The molecule has 0 aliphatic carbocycles. The van der Waals surface area contributed by atoms with E-state index >= 15 is 0 Å². The van der Waals surface area contributed by atoms with Crippen LogP contribution in [0.5, 0.6) is 11.5 Å². The number of rotatable bonds is 16. The highest BCUT2D eigenvalue weighted by Gasteiger charge is 2.22. The van der Waals surface area contributed by atoms with E-state index < -0.39 is 0 Å². The van der Waals surface area contributed by atoms with Gasteiger partial charge in [0.15, 0.2) is 11.6 Å². The van der Waals surface area contributed by atoms with E-state index in [1.165, 1.54) is 44.1 Å². The molecule has 0 saturated carbocycles. The Morgan fingerprint density at radius 1 is 0.582 bits per heavy atom. The van der Waals surface area contributed by atoms with Crippen LogP contribution in [0.2, 0.25) is 10.0 Å². The van der Waals surface area contributed by atoms with Crippen LogP contribution in [0.25, 0.3) is 0 Å². The average Bonchev–Trinajstić information content (AvgIpc) is 3.18. The minimum absolute atomic E-state index is 0.155. The molecule has 2 heterocycles. The summed E-state index contributed by atoms with van der Waals surface area (Å²) >= 11 is 27.1. The molecule has 0 N–H and O–H groups in total. The zero-order chi connectivity index (χ0) is 38.9. The molecule has 6 aromatic rings. The number of hydrogen-bond acceptors (Lipinski definition) is 8. The van der Waals surface area contributed by atoms with Gasteiger partial charge in [-0.05, 0) is 160 Å². The van der Waals surface area contributed by atoms with Crippen molar-refractivity contribution in [2.75, 3.05) is 23.3 Å². The summed E-state index contributed by atoms with van der Waals surface area (Å²) in [5.41, 5.74) is 2.33. The average molecular weight is 1040 g/mol. The standard InChI is InChI=1S/C38H26BBr4Cl2F2N4O4/c40-29-19-27(21-33(37(29)42)50(35-5-1-3-13-48-35)52-15-11-23-17-25(46)7-9-31(23)44)54-39-55-28-20-30(41)38(43)34(22-28)51(36-6-2-4-14-49-36)53-16-12-24-18-26(47)8-10-32(24)45/h1-10,13-14,17-22H,11-12,15-16H2. The lowest BCUT2D eigenvalue weighted by atomic mass is 10.1. The molecule has 0 atom stereocenters. The predicted molar refractivity (Wildman–Crippen MR) is 226 cm³/mol. The summed E-state index contributed by atoms with van der Waals surface area (Å²) in [6.45, 7) is 0.311. The second-order valence-corrected chi connectivity index (χ2v) is 15.5. The molecule has 17 heteroatoms. The number of pyridine rings is 2. The normalized spacial score (nSPS) is 11.0. The Hall–Kier alpha value is -3.28. The number of nitrogens with zero attached hydrogens (tertiary/aromatic N) is 4. The second kappa shape index (κ2) is 19.7. The molecule has 55 heavy (non-hydrogen) atoms. The molecule has 0 bridgehead atoms. The van der Waals surface area contributed by atoms with Gasteiger partial charge in [0.2, 0.25) is 0 Å². The maximum absolute atomic E-state index is 13.9. The molecular formula is C38H26BBr4Cl2F2N4O4. The molecule has 0 aliphatic rings. The summed E-state index contributed by atoms with van der Waals surface area (Å²) < 4.78 is 42.4. The third-order valence-electron chi connectivity index (χ3n) is 7.68. The largest absolute Gasteiger partial charge is 0.658 e. The number of hydrogen-bond donors (Lipinski definition) is 0. The second-order valence-electron chi connectivity index (χ2n) is 11.4. The summed E-state index contributed by atoms with van der Waals surface area (Å²) in [5.74, 6) is 1.00. The van der Waals surface area contributed by atoms with Crippen molar-refractivity contribution in [3.63, 3.8) is 0 Å². The molecule has 0 unspecified atom stereocenters. The van der Waals surface area contributed by atoms with E-state index in [1.807, 2.05) is 12.1 Å². The Balaban J connectivity index is 1.19. The molecule has 281 valence electrons. The Labute approximate surface area is 360 Å². The van der Waals surface area contributed by atoms with Crippen LogP contribution >= 0.6 is 86.9 Å². The summed E-state index contributed by atoms with van der Waals surface area (Å²) in [6, 6.07) is 26.2. The van der Waals surface area contributed by atoms with Crippen molar-refractivity contribution in [2.45, 2.75) is 12.8 Å². The topological polar surface area (TPSA) is 69.2 Å². The molecule has 8 nitrogen and oxygen atoms in total. The molecule has 2 aromatic heterocycles. The van der Waals surface area contributed by atoms with E-state index in [0.29, 0.717) is 86.4 Å². The fraction of sp³-hybridized carbons (Fsp3) is 0.105. The van der Waals surface area contributed by atoms with Gasteiger partial charge in [-0.1, -0.05) is 35.3 Å². The van der Waals surface area contributed by atoms with Crippen LogP contribution in [-0.4, -0.2) is 30.9 Å². The van der Waals surface area contributed by atoms with Gasteiger partial charge >= 0.3 is 7.69 Å². The number of aromatic nitrogens is 2. The van der Waals surface area contributed by atoms with Crippen LogP contribution < -0.4 is 19.4 Å². The molecule has 0 fully saturated rings. The molecular weight excluding hydrogens is 1020 g/mol. The highest BCUT2D eigenvalue weighted by molar-refractivity contribution is 9.13. The van der Waals surface area contributed by atoms with Crippen LogP contribution in [0.3, 0.4) is 0 Å². The fourth-order valence-corrected chi connectivity index (χ4v) is 7.16. The van der Waals surface area contributed by atoms with Crippen molar-refractivity contribution >= 4 is 118 Å². The first-order chi connectivity index (χ1) is 26.6. The SMILES string of the molecule is Fc1ccc(Cl)c(CCON(c2ccccn2)c2cc(O[B]Oc3cc(Br)c(Br)c(N(OCCc4cc(F)ccc4Cl)c4ccccn4)c3)cc(Br)c2Br)c1. The van der Waals surface area contributed by atoms with Crippen LogP contribution in [0.15, 0.2) is 127 Å². The molecule has 0 spiro atoms. The highest BCUT2D eigenvalue weighted by Crippen LogP contribution is 2.42. The predicted octanol–water partition coefficient (Wildman–Crippen LogP) is 12.7. The quantitative estimate of drug-likeness (QED) is 0.0702.